The van der Waals surface area contributed by atoms with Gasteiger partial charge in [-0.15, -0.1) is 0 Å². The lowest BCUT2D eigenvalue weighted by Crippen LogP contribution is -2.35. The lowest BCUT2D eigenvalue weighted by Gasteiger charge is -2.25. The molecule has 2 aromatic carbocycles. The maximum absolute atomic E-state index is 13.1. The van der Waals surface area contributed by atoms with Gasteiger partial charge >= 0.3 is 0 Å². The summed E-state index contributed by atoms with van der Waals surface area (Å²) in [5.74, 6) is 2.63. The summed E-state index contributed by atoms with van der Waals surface area (Å²) >= 11 is 0. The maximum Gasteiger partial charge on any atom is 0.225 e. The van der Waals surface area contributed by atoms with E-state index in [1.165, 1.54) is 0 Å². The Morgan fingerprint density at radius 3 is 2.38 bits per heavy atom. The number of aromatic nitrogens is 2. The highest BCUT2D eigenvalue weighted by Gasteiger charge is 2.35. The van der Waals surface area contributed by atoms with E-state index in [9.17, 15) is 4.79 Å². The van der Waals surface area contributed by atoms with Gasteiger partial charge in [0, 0.05) is 25.1 Å². The van der Waals surface area contributed by atoms with Gasteiger partial charge in [-0.25, -0.2) is 4.68 Å². The van der Waals surface area contributed by atoms with Crippen LogP contribution in [0.1, 0.15) is 32.3 Å². The topological polar surface area (TPSA) is 56.6 Å². The van der Waals surface area contributed by atoms with Gasteiger partial charge in [0.15, 0.2) is 11.5 Å². The number of rotatable bonds is 9. The molecule has 3 aromatic rings. The summed E-state index contributed by atoms with van der Waals surface area (Å²) in [6.45, 7) is 5.43. The van der Waals surface area contributed by atoms with Crippen LogP contribution < -0.4 is 9.47 Å². The van der Waals surface area contributed by atoms with E-state index in [4.69, 9.17) is 14.6 Å². The number of amides is 1. The predicted octanol–water partition coefficient (Wildman–Crippen LogP) is 5.28. The quantitative estimate of drug-likeness (QED) is 0.461. The minimum atomic E-state index is 0.157. The summed E-state index contributed by atoms with van der Waals surface area (Å²) in [6.07, 6.45) is 1.97. The molecule has 1 aliphatic carbocycles. The number of aryl methyl sites for hydroxylation is 1. The van der Waals surface area contributed by atoms with Crippen molar-refractivity contribution in [3.05, 3.63) is 60.2 Å². The first-order chi connectivity index (χ1) is 15.5. The number of para-hydroxylation sites is 2. The zero-order valence-corrected chi connectivity index (χ0v) is 19.2. The van der Waals surface area contributed by atoms with E-state index >= 15 is 0 Å². The van der Waals surface area contributed by atoms with Crippen LogP contribution in [0, 0.1) is 11.8 Å². The fourth-order valence-electron chi connectivity index (χ4n) is 3.91. The lowest BCUT2D eigenvalue weighted by atomic mass is 10.1. The number of hydrogen-bond donors (Lipinski definition) is 0. The molecule has 0 radical (unpaired) electrons. The molecule has 168 valence electrons. The molecule has 0 bridgehead atoms. The molecule has 6 nitrogen and oxygen atoms in total. The first-order valence-electron chi connectivity index (χ1n) is 11.2. The Hall–Kier alpha value is -3.28. The van der Waals surface area contributed by atoms with Crippen molar-refractivity contribution in [1.29, 1.82) is 0 Å². The first kappa shape index (κ1) is 21.9. The van der Waals surface area contributed by atoms with Gasteiger partial charge in [0.05, 0.1) is 19.2 Å². The molecule has 0 saturated heterocycles. The van der Waals surface area contributed by atoms with Gasteiger partial charge in [-0.05, 0) is 30.9 Å². The van der Waals surface area contributed by atoms with Crippen LogP contribution in [0.4, 0.5) is 0 Å². The summed E-state index contributed by atoms with van der Waals surface area (Å²) in [7, 11) is 3.50. The van der Waals surface area contributed by atoms with Crippen LogP contribution in [0.3, 0.4) is 0 Å². The molecule has 1 saturated carbocycles. The van der Waals surface area contributed by atoms with Crippen LogP contribution in [-0.2, 0) is 18.4 Å². The fourth-order valence-corrected chi connectivity index (χ4v) is 3.91. The second kappa shape index (κ2) is 9.47. The molecule has 32 heavy (non-hydrogen) atoms. The van der Waals surface area contributed by atoms with Crippen LogP contribution in [-0.4, -0.2) is 34.2 Å². The van der Waals surface area contributed by atoms with E-state index in [0.29, 0.717) is 36.4 Å². The van der Waals surface area contributed by atoms with Crippen molar-refractivity contribution >= 4 is 5.91 Å². The van der Waals surface area contributed by atoms with Crippen LogP contribution >= 0.6 is 0 Å². The number of nitrogens with zero attached hydrogens (tertiary/aromatic N) is 3. The van der Waals surface area contributed by atoms with Crippen molar-refractivity contribution < 1.29 is 14.3 Å². The molecule has 6 heteroatoms. The summed E-state index contributed by atoms with van der Waals surface area (Å²) in [5.41, 5.74) is 2.73. The zero-order chi connectivity index (χ0) is 22.7. The molecule has 0 spiro atoms. The van der Waals surface area contributed by atoms with Gasteiger partial charge < -0.3 is 14.4 Å². The summed E-state index contributed by atoms with van der Waals surface area (Å²) in [4.78, 5) is 15.1. The highest BCUT2D eigenvalue weighted by atomic mass is 16.5. The third kappa shape index (κ3) is 4.79. The van der Waals surface area contributed by atoms with Crippen LogP contribution in [0.5, 0.6) is 17.4 Å². The van der Waals surface area contributed by atoms with Gasteiger partial charge in [-0.1, -0.05) is 56.3 Å². The summed E-state index contributed by atoms with van der Waals surface area (Å²) < 4.78 is 13.6. The highest BCUT2D eigenvalue weighted by Crippen LogP contribution is 2.38. The second-order valence-corrected chi connectivity index (χ2v) is 8.76. The van der Waals surface area contributed by atoms with Crippen molar-refractivity contribution in [3.63, 3.8) is 0 Å². The Morgan fingerprint density at radius 2 is 1.75 bits per heavy atom. The molecule has 1 heterocycles. The Balaban J connectivity index is 1.77. The van der Waals surface area contributed by atoms with E-state index < -0.39 is 0 Å². The van der Waals surface area contributed by atoms with Gasteiger partial charge in [0.25, 0.3) is 0 Å². The Kier molecular flexibility index (Phi) is 6.49. The highest BCUT2D eigenvalue weighted by molar-refractivity contribution is 5.81. The van der Waals surface area contributed by atoms with Crippen molar-refractivity contribution in [2.24, 2.45) is 18.9 Å². The molecule has 1 aliphatic rings. The molecule has 0 N–H and O–H groups in total. The molecule has 0 aliphatic heterocycles. The molecule has 0 atom stereocenters. The van der Waals surface area contributed by atoms with Crippen molar-refractivity contribution in [1.82, 2.24) is 14.7 Å². The number of hydrogen-bond acceptors (Lipinski definition) is 4. The molecule has 4 rings (SSSR count). The fraction of sp³-hybridized carbons (Fsp3) is 0.385. The monoisotopic (exact) mass is 433 g/mol. The molecule has 1 amide bonds. The standard InChI is InChI=1S/C26H31N3O3/c1-18(2)16-29(25(30)20-14-15-20)17-21-24(19-10-6-5-7-11-19)27-28(3)26(21)32-23-13-9-8-12-22(23)31-4/h5-13,18,20H,14-17H2,1-4H3. The normalized spacial score (nSPS) is 13.3. The molecule has 1 fully saturated rings. The zero-order valence-electron chi connectivity index (χ0n) is 19.2. The second-order valence-electron chi connectivity index (χ2n) is 8.76. The van der Waals surface area contributed by atoms with Gasteiger partial charge in [-0.2, -0.15) is 5.10 Å². The lowest BCUT2D eigenvalue weighted by molar-refractivity contribution is -0.133. The Labute approximate surface area is 189 Å². The Morgan fingerprint density at radius 1 is 1.09 bits per heavy atom. The number of carbonyl (C=O) groups excluding carboxylic acids is 1. The van der Waals surface area contributed by atoms with Gasteiger partial charge in [-0.3, -0.25) is 4.79 Å². The van der Waals surface area contributed by atoms with E-state index in [-0.39, 0.29) is 11.8 Å². The largest absolute Gasteiger partial charge is 0.493 e. The number of carbonyl (C=O) groups is 1. The third-order valence-corrected chi connectivity index (χ3v) is 5.58. The minimum absolute atomic E-state index is 0.157. The average Bonchev–Trinajstić information content (AvgIpc) is 3.60. The van der Waals surface area contributed by atoms with Crippen molar-refractivity contribution in [2.75, 3.05) is 13.7 Å². The minimum Gasteiger partial charge on any atom is -0.493 e. The predicted molar refractivity (Wildman–Crippen MR) is 125 cm³/mol. The van der Waals surface area contributed by atoms with Crippen molar-refractivity contribution in [3.8, 4) is 28.6 Å². The van der Waals surface area contributed by atoms with E-state index in [2.05, 4.69) is 13.8 Å². The SMILES string of the molecule is COc1ccccc1Oc1c(CN(CC(C)C)C(=O)C2CC2)c(-c2ccccc2)nn1C. The van der Waals surface area contributed by atoms with Crippen LogP contribution in [0.2, 0.25) is 0 Å². The van der Waals surface area contributed by atoms with Crippen molar-refractivity contribution in [2.45, 2.75) is 33.2 Å². The number of benzene rings is 2. The molecular weight excluding hydrogens is 402 g/mol. The molecular formula is C26H31N3O3. The van der Waals surface area contributed by atoms with E-state index in [1.54, 1.807) is 11.8 Å². The van der Waals surface area contributed by atoms with Gasteiger partial charge in [0.1, 0.15) is 5.69 Å². The maximum atomic E-state index is 13.1. The summed E-state index contributed by atoms with van der Waals surface area (Å²) in [6, 6.07) is 17.6. The van der Waals surface area contributed by atoms with E-state index in [1.807, 2.05) is 66.5 Å². The van der Waals surface area contributed by atoms with Crippen LogP contribution in [0.15, 0.2) is 54.6 Å². The Bertz CT molecular complexity index is 1070. The smallest absolute Gasteiger partial charge is 0.225 e. The average molecular weight is 434 g/mol. The molecule has 0 unspecified atom stereocenters. The first-order valence-corrected chi connectivity index (χ1v) is 11.2. The van der Waals surface area contributed by atoms with E-state index in [0.717, 1.165) is 29.7 Å². The number of ether oxygens (including phenoxy) is 2. The van der Waals surface area contributed by atoms with Crippen LogP contribution in [0.25, 0.3) is 11.3 Å². The summed E-state index contributed by atoms with van der Waals surface area (Å²) in [5, 5.41) is 4.80. The third-order valence-electron chi connectivity index (χ3n) is 5.58. The number of methoxy groups -OCH3 is 1. The van der Waals surface area contributed by atoms with Gasteiger partial charge in [0.2, 0.25) is 11.8 Å². The molecule has 1 aromatic heterocycles.